The fourth-order valence-corrected chi connectivity index (χ4v) is 4.03. The second-order valence-electron chi connectivity index (χ2n) is 7.69. The van der Waals surface area contributed by atoms with Crippen molar-refractivity contribution in [2.45, 2.75) is 24.7 Å². The van der Waals surface area contributed by atoms with Gasteiger partial charge in [0.25, 0.3) is 5.89 Å². The van der Waals surface area contributed by atoms with Gasteiger partial charge in [-0.2, -0.15) is 4.98 Å². The number of anilines is 2. The van der Waals surface area contributed by atoms with Crippen molar-refractivity contribution < 1.29 is 4.52 Å². The fourth-order valence-electron chi connectivity index (χ4n) is 2.97. The molecule has 2 N–H and O–H groups in total. The summed E-state index contributed by atoms with van der Waals surface area (Å²) in [5.74, 6) is 0.895. The van der Waals surface area contributed by atoms with Gasteiger partial charge in [0.1, 0.15) is 0 Å². The van der Waals surface area contributed by atoms with Gasteiger partial charge >= 0.3 is 0 Å². The van der Waals surface area contributed by atoms with Gasteiger partial charge in [-0.3, -0.25) is 0 Å². The lowest BCUT2D eigenvalue weighted by Crippen LogP contribution is -2.08. The summed E-state index contributed by atoms with van der Waals surface area (Å²) in [7, 11) is 0. The summed E-state index contributed by atoms with van der Waals surface area (Å²) in [5.41, 5.74) is 4.86. The first-order valence-corrected chi connectivity index (χ1v) is 11.5. The Balaban J connectivity index is 1.21. The summed E-state index contributed by atoms with van der Waals surface area (Å²) in [6.07, 6.45) is 2.41. The molecule has 0 spiro atoms. The zero-order valence-corrected chi connectivity index (χ0v) is 18.5. The Labute approximate surface area is 188 Å². The lowest BCUT2D eigenvalue weighted by atomic mass is 10.1. The first kappa shape index (κ1) is 19.8. The highest BCUT2D eigenvalue weighted by Crippen LogP contribution is 2.50. The number of rotatable bonds is 8. The van der Waals surface area contributed by atoms with Crippen molar-refractivity contribution in [2.24, 2.45) is 5.41 Å². The van der Waals surface area contributed by atoms with Crippen LogP contribution in [0.25, 0.3) is 23.0 Å². The van der Waals surface area contributed by atoms with Crippen molar-refractivity contribution in [1.29, 1.82) is 0 Å². The second kappa shape index (κ2) is 8.16. The SMILES string of the molecule is C=C(Nc1cccc(NSc2ccc(-c3noc(-c4csnn4)n3)cc2)c1)C1(C)CC1. The van der Waals surface area contributed by atoms with Crippen LogP contribution in [0.5, 0.6) is 0 Å². The molecule has 1 aliphatic rings. The van der Waals surface area contributed by atoms with E-state index in [0.717, 1.165) is 27.5 Å². The average molecular weight is 449 g/mol. The van der Waals surface area contributed by atoms with E-state index in [1.54, 1.807) is 17.3 Å². The van der Waals surface area contributed by atoms with Gasteiger partial charge in [-0.05, 0) is 78.8 Å². The minimum atomic E-state index is 0.247. The van der Waals surface area contributed by atoms with Gasteiger partial charge in [0, 0.05) is 38.3 Å². The molecule has 7 nitrogen and oxygen atoms in total. The maximum atomic E-state index is 5.28. The van der Waals surface area contributed by atoms with E-state index in [4.69, 9.17) is 4.52 Å². The molecule has 2 aromatic heterocycles. The summed E-state index contributed by atoms with van der Waals surface area (Å²) < 4.78 is 12.5. The van der Waals surface area contributed by atoms with Crippen molar-refractivity contribution in [3.63, 3.8) is 0 Å². The number of nitrogens with one attached hydrogen (secondary N) is 2. The van der Waals surface area contributed by atoms with Gasteiger partial charge in [0.15, 0.2) is 5.69 Å². The molecule has 5 rings (SSSR count). The summed E-state index contributed by atoms with van der Waals surface area (Å²) >= 11 is 2.79. The van der Waals surface area contributed by atoms with E-state index < -0.39 is 0 Å². The fraction of sp³-hybridized carbons (Fsp3) is 0.182. The summed E-state index contributed by atoms with van der Waals surface area (Å²) in [5, 5.41) is 13.2. The lowest BCUT2D eigenvalue weighted by molar-refractivity contribution is 0.431. The predicted molar refractivity (Wildman–Crippen MR) is 125 cm³/mol. The van der Waals surface area contributed by atoms with Crippen LogP contribution in [-0.2, 0) is 0 Å². The zero-order valence-electron chi connectivity index (χ0n) is 16.8. The molecule has 2 aromatic carbocycles. The van der Waals surface area contributed by atoms with Crippen LogP contribution in [0.2, 0.25) is 0 Å². The topological polar surface area (TPSA) is 88.8 Å². The number of allylic oxidation sites excluding steroid dienone is 1. The summed E-state index contributed by atoms with van der Waals surface area (Å²) in [4.78, 5) is 5.46. The molecule has 9 heteroatoms. The van der Waals surface area contributed by atoms with E-state index >= 15 is 0 Å². The highest BCUT2D eigenvalue weighted by molar-refractivity contribution is 8.00. The summed E-state index contributed by atoms with van der Waals surface area (Å²) in [6.45, 7) is 6.44. The Bertz CT molecular complexity index is 1200. The zero-order chi connectivity index (χ0) is 21.3. The van der Waals surface area contributed by atoms with Crippen LogP contribution in [0.3, 0.4) is 0 Å². The van der Waals surface area contributed by atoms with Crippen LogP contribution >= 0.6 is 23.5 Å². The number of hydrogen-bond donors (Lipinski definition) is 2. The third-order valence-corrected chi connectivity index (χ3v) is 6.64. The van der Waals surface area contributed by atoms with E-state index in [9.17, 15) is 0 Å². The van der Waals surface area contributed by atoms with Crippen molar-refractivity contribution in [1.82, 2.24) is 19.7 Å². The van der Waals surface area contributed by atoms with Crippen molar-refractivity contribution in [2.75, 3.05) is 10.0 Å². The smallest absolute Gasteiger partial charge is 0.279 e. The van der Waals surface area contributed by atoms with Crippen LogP contribution in [-0.4, -0.2) is 19.7 Å². The molecule has 0 unspecified atom stereocenters. The molecule has 2 heterocycles. The van der Waals surface area contributed by atoms with E-state index in [-0.39, 0.29) is 5.41 Å². The standard InChI is InChI=1S/C22H20N6OS2/c1-14(22(2)10-11-22)23-16-4-3-5-17(12-16)27-31-18-8-6-15(7-9-18)20-24-21(29-26-20)19-13-30-28-25-19/h3-9,12-13,23,27H,1,10-11H2,2H3. The van der Waals surface area contributed by atoms with Gasteiger partial charge in [-0.15, -0.1) is 5.10 Å². The maximum absolute atomic E-state index is 5.28. The van der Waals surface area contributed by atoms with Gasteiger partial charge in [-0.25, -0.2) is 0 Å². The molecule has 1 aliphatic carbocycles. The van der Waals surface area contributed by atoms with Crippen molar-refractivity contribution in [3.05, 3.63) is 66.2 Å². The molecule has 156 valence electrons. The second-order valence-corrected chi connectivity index (χ2v) is 9.18. The Kier molecular flexibility index (Phi) is 5.21. The molecular formula is C22H20N6OS2. The van der Waals surface area contributed by atoms with Crippen LogP contribution in [0, 0.1) is 5.41 Å². The van der Waals surface area contributed by atoms with Gasteiger partial charge in [0.05, 0.1) is 0 Å². The molecule has 31 heavy (non-hydrogen) atoms. The van der Waals surface area contributed by atoms with Gasteiger partial charge in [0.2, 0.25) is 5.82 Å². The highest BCUT2D eigenvalue weighted by Gasteiger charge is 2.40. The molecule has 0 amide bonds. The van der Waals surface area contributed by atoms with Gasteiger partial charge in [-0.1, -0.05) is 29.2 Å². The molecule has 4 aromatic rings. The Morgan fingerprint density at radius 1 is 1.16 bits per heavy atom. The van der Waals surface area contributed by atoms with E-state index in [2.05, 4.69) is 55.4 Å². The molecular weight excluding hydrogens is 428 g/mol. The molecule has 1 fully saturated rings. The van der Waals surface area contributed by atoms with Crippen molar-refractivity contribution in [3.8, 4) is 23.0 Å². The first-order valence-electron chi connectivity index (χ1n) is 9.80. The predicted octanol–water partition coefficient (Wildman–Crippen LogP) is 6.10. The number of nitrogens with zero attached hydrogens (tertiary/aromatic N) is 4. The molecule has 0 saturated heterocycles. The van der Waals surface area contributed by atoms with Crippen LogP contribution < -0.4 is 10.0 Å². The third kappa shape index (κ3) is 4.47. The Morgan fingerprint density at radius 2 is 1.97 bits per heavy atom. The quantitative estimate of drug-likeness (QED) is 0.313. The monoisotopic (exact) mass is 448 g/mol. The summed E-state index contributed by atoms with van der Waals surface area (Å²) in [6, 6.07) is 16.2. The van der Waals surface area contributed by atoms with E-state index in [1.165, 1.54) is 24.4 Å². The van der Waals surface area contributed by atoms with E-state index in [1.807, 2.05) is 36.4 Å². The lowest BCUT2D eigenvalue weighted by Gasteiger charge is -2.16. The Morgan fingerprint density at radius 3 is 2.71 bits per heavy atom. The minimum absolute atomic E-state index is 0.247. The molecule has 0 radical (unpaired) electrons. The minimum Gasteiger partial charge on any atom is -0.359 e. The normalized spacial score (nSPS) is 14.2. The third-order valence-electron chi connectivity index (χ3n) is 5.29. The number of benzene rings is 2. The molecule has 0 aliphatic heterocycles. The van der Waals surface area contributed by atoms with Crippen molar-refractivity contribution >= 4 is 34.9 Å². The van der Waals surface area contributed by atoms with Gasteiger partial charge < -0.3 is 14.6 Å². The highest BCUT2D eigenvalue weighted by atomic mass is 32.2. The number of hydrogen-bond acceptors (Lipinski definition) is 9. The molecule has 1 saturated carbocycles. The number of aromatic nitrogens is 4. The first-order chi connectivity index (χ1) is 15.1. The van der Waals surface area contributed by atoms with Crippen LogP contribution in [0.4, 0.5) is 11.4 Å². The Hall–Kier alpha value is -3.17. The van der Waals surface area contributed by atoms with Crippen LogP contribution in [0.1, 0.15) is 19.8 Å². The van der Waals surface area contributed by atoms with E-state index in [0.29, 0.717) is 17.4 Å². The largest absolute Gasteiger partial charge is 0.359 e. The molecule has 0 atom stereocenters. The maximum Gasteiger partial charge on any atom is 0.279 e. The van der Waals surface area contributed by atoms with Crippen LogP contribution in [0.15, 0.2) is 75.6 Å². The molecule has 0 bridgehead atoms. The average Bonchev–Trinajstić information content (AvgIpc) is 3.19.